The molecule has 2 amide bonds. The van der Waals surface area contributed by atoms with Crippen LogP contribution in [0.2, 0.25) is 0 Å². The smallest absolute Gasteiger partial charge is 0.325 e. The van der Waals surface area contributed by atoms with Crippen LogP contribution in [-0.4, -0.2) is 28.9 Å². The molecule has 0 saturated heterocycles. The molecule has 124 valence electrons. The molecule has 3 N–H and O–H groups in total. The van der Waals surface area contributed by atoms with E-state index in [2.05, 4.69) is 10.6 Å². The summed E-state index contributed by atoms with van der Waals surface area (Å²) >= 11 is 1.39. The van der Waals surface area contributed by atoms with Crippen LogP contribution in [0.3, 0.4) is 0 Å². The molecule has 0 aliphatic carbocycles. The summed E-state index contributed by atoms with van der Waals surface area (Å²) in [5, 5.41) is 15.6. The SMILES string of the molecule is CC(NC(=O)/C(=C/c1cccs1)NC(=O)c1ccccc1)C(=O)O. The maximum Gasteiger partial charge on any atom is 0.325 e. The first-order chi connectivity index (χ1) is 11.5. The van der Waals surface area contributed by atoms with Gasteiger partial charge in [0.25, 0.3) is 11.8 Å². The molecule has 1 heterocycles. The van der Waals surface area contributed by atoms with E-state index in [1.807, 2.05) is 11.4 Å². The summed E-state index contributed by atoms with van der Waals surface area (Å²) in [5.74, 6) is -2.27. The molecule has 0 radical (unpaired) electrons. The highest BCUT2D eigenvalue weighted by Crippen LogP contribution is 2.13. The van der Waals surface area contributed by atoms with Gasteiger partial charge in [-0.1, -0.05) is 24.3 Å². The van der Waals surface area contributed by atoms with E-state index in [0.717, 1.165) is 4.88 Å². The van der Waals surface area contributed by atoms with Crippen LogP contribution in [0.1, 0.15) is 22.2 Å². The van der Waals surface area contributed by atoms with Crippen LogP contribution in [0.25, 0.3) is 6.08 Å². The van der Waals surface area contributed by atoms with Gasteiger partial charge >= 0.3 is 5.97 Å². The molecule has 1 atom stereocenters. The quantitative estimate of drug-likeness (QED) is 0.699. The third-order valence-electron chi connectivity index (χ3n) is 3.08. The molecule has 1 aromatic heterocycles. The van der Waals surface area contributed by atoms with E-state index >= 15 is 0 Å². The first-order valence-electron chi connectivity index (χ1n) is 7.12. The predicted molar refractivity (Wildman–Crippen MR) is 91.4 cm³/mol. The summed E-state index contributed by atoms with van der Waals surface area (Å²) in [7, 11) is 0. The monoisotopic (exact) mass is 344 g/mol. The van der Waals surface area contributed by atoms with Crippen molar-refractivity contribution in [1.29, 1.82) is 0 Å². The minimum Gasteiger partial charge on any atom is -0.480 e. The zero-order chi connectivity index (χ0) is 17.5. The van der Waals surface area contributed by atoms with Crippen molar-refractivity contribution in [3.8, 4) is 0 Å². The number of amides is 2. The number of hydrogen-bond donors (Lipinski definition) is 3. The van der Waals surface area contributed by atoms with Crippen LogP contribution < -0.4 is 10.6 Å². The van der Waals surface area contributed by atoms with E-state index < -0.39 is 23.8 Å². The Morgan fingerprint density at radius 2 is 1.83 bits per heavy atom. The van der Waals surface area contributed by atoms with E-state index in [1.54, 1.807) is 36.4 Å². The van der Waals surface area contributed by atoms with Crippen molar-refractivity contribution in [1.82, 2.24) is 10.6 Å². The van der Waals surface area contributed by atoms with Gasteiger partial charge < -0.3 is 15.7 Å². The lowest BCUT2D eigenvalue weighted by Crippen LogP contribution is -2.42. The van der Waals surface area contributed by atoms with Gasteiger partial charge in [0.05, 0.1) is 0 Å². The van der Waals surface area contributed by atoms with Crippen molar-refractivity contribution >= 4 is 35.2 Å². The van der Waals surface area contributed by atoms with Crippen LogP contribution >= 0.6 is 11.3 Å². The van der Waals surface area contributed by atoms with E-state index in [1.165, 1.54) is 24.3 Å². The van der Waals surface area contributed by atoms with Crippen LogP contribution in [0.4, 0.5) is 0 Å². The fourth-order valence-corrected chi connectivity index (χ4v) is 2.45. The van der Waals surface area contributed by atoms with E-state index in [4.69, 9.17) is 5.11 Å². The summed E-state index contributed by atoms with van der Waals surface area (Å²) in [5.41, 5.74) is 0.382. The van der Waals surface area contributed by atoms with Crippen molar-refractivity contribution in [2.45, 2.75) is 13.0 Å². The standard InChI is InChI=1S/C17H16N2O4S/c1-11(17(22)23)18-16(21)14(10-13-8-5-9-24-13)19-15(20)12-6-3-2-4-7-12/h2-11H,1H3,(H,18,21)(H,19,20)(H,22,23)/b14-10-. The van der Waals surface area contributed by atoms with E-state index in [0.29, 0.717) is 5.56 Å². The maximum absolute atomic E-state index is 12.3. The number of carbonyl (C=O) groups is 3. The van der Waals surface area contributed by atoms with Gasteiger partial charge in [0.1, 0.15) is 11.7 Å². The van der Waals surface area contributed by atoms with Gasteiger partial charge in [0.15, 0.2) is 0 Å². The van der Waals surface area contributed by atoms with Gasteiger partial charge in [0.2, 0.25) is 0 Å². The summed E-state index contributed by atoms with van der Waals surface area (Å²) in [6.07, 6.45) is 1.51. The zero-order valence-electron chi connectivity index (χ0n) is 12.9. The fraction of sp³-hybridized carbons (Fsp3) is 0.118. The largest absolute Gasteiger partial charge is 0.480 e. The average Bonchev–Trinajstić information content (AvgIpc) is 3.07. The van der Waals surface area contributed by atoms with Crippen LogP contribution in [-0.2, 0) is 9.59 Å². The first-order valence-corrected chi connectivity index (χ1v) is 8.00. The predicted octanol–water partition coefficient (Wildman–Crippen LogP) is 2.11. The molecule has 0 saturated carbocycles. The number of carbonyl (C=O) groups excluding carboxylic acids is 2. The number of aliphatic carboxylic acids is 1. The lowest BCUT2D eigenvalue weighted by atomic mass is 10.2. The number of hydrogen-bond acceptors (Lipinski definition) is 4. The normalized spacial score (nSPS) is 12.3. The maximum atomic E-state index is 12.3. The lowest BCUT2D eigenvalue weighted by Gasteiger charge is -2.13. The van der Waals surface area contributed by atoms with E-state index in [-0.39, 0.29) is 5.70 Å². The Kier molecular flexibility index (Phi) is 5.86. The number of carboxylic acids is 1. The van der Waals surface area contributed by atoms with Gasteiger partial charge in [-0.15, -0.1) is 11.3 Å². The van der Waals surface area contributed by atoms with Crippen LogP contribution in [0, 0.1) is 0 Å². The summed E-state index contributed by atoms with van der Waals surface area (Å²) in [4.78, 5) is 36.2. The van der Waals surface area contributed by atoms with Gasteiger partial charge in [-0.2, -0.15) is 0 Å². The highest BCUT2D eigenvalue weighted by molar-refractivity contribution is 7.10. The number of nitrogens with one attached hydrogen (secondary N) is 2. The second-order valence-electron chi connectivity index (χ2n) is 4.93. The summed E-state index contributed by atoms with van der Waals surface area (Å²) in [6, 6.07) is 11.0. The number of thiophene rings is 1. The Morgan fingerprint density at radius 1 is 1.12 bits per heavy atom. The molecule has 1 aromatic carbocycles. The molecule has 2 rings (SSSR count). The number of carboxylic acid groups (broad SMARTS) is 1. The van der Waals surface area contributed by atoms with Gasteiger partial charge in [-0.25, -0.2) is 0 Å². The van der Waals surface area contributed by atoms with Crippen molar-refractivity contribution in [2.75, 3.05) is 0 Å². The first kappa shape index (κ1) is 17.4. The zero-order valence-corrected chi connectivity index (χ0v) is 13.7. The minimum absolute atomic E-state index is 0.0144. The Morgan fingerprint density at radius 3 is 2.42 bits per heavy atom. The molecule has 0 fully saturated rings. The molecular weight excluding hydrogens is 328 g/mol. The second-order valence-corrected chi connectivity index (χ2v) is 5.91. The van der Waals surface area contributed by atoms with Gasteiger partial charge in [-0.05, 0) is 36.6 Å². The second kappa shape index (κ2) is 8.07. The Balaban J connectivity index is 2.22. The molecule has 0 aliphatic rings. The lowest BCUT2D eigenvalue weighted by molar-refractivity contribution is -0.140. The molecule has 0 spiro atoms. The molecule has 7 heteroatoms. The summed E-state index contributed by atoms with van der Waals surface area (Å²) < 4.78 is 0. The number of benzene rings is 1. The topological polar surface area (TPSA) is 95.5 Å². The molecule has 0 aliphatic heterocycles. The van der Waals surface area contributed by atoms with Crippen molar-refractivity contribution < 1.29 is 19.5 Å². The highest BCUT2D eigenvalue weighted by atomic mass is 32.1. The van der Waals surface area contributed by atoms with Crippen molar-refractivity contribution in [3.63, 3.8) is 0 Å². The fourth-order valence-electron chi connectivity index (χ4n) is 1.79. The Hall–Kier alpha value is -2.93. The van der Waals surface area contributed by atoms with Crippen LogP contribution in [0.5, 0.6) is 0 Å². The Bertz CT molecular complexity index is 754. The third kappa shape index (κ3) is 4.79. The minimum atomic E-state index is -1.16. The number of rotatable bonds is 6. The molecule has 0 bridgehead atoms. The Labute approximate surface area is 142 Å². The molecule has 2 aromatic rings. The molecular formula is C17H16N2O4S. The average molecular weight is 344 g/mol. The van der Waals surface area contributed by atoms with Gasteiger partial charge in [0, 0.05) is 10.4 Å². The molecule has 1 unspecified atom stereocenters. The van der Waals surface area contributed by atoms with Gasteiger partial charge in [-0.3, -0.25) is 14.4 Å². The van der Waals surface area contributed by atoms with E-state index in [9.17, 15) is 14.4 Å². The highest BCUT2D eigenvalue weighted by Gasteiger charge is 2.19. The molecule has 6 nitrogen and oxygen atoms in total. The van der Waals surface area contributed by atoms with Crippen LogP contribution in [0.15, 0.2) is 53.5 Å². The third-order valence-corrected chi connectivity index (χ3v) is 3.90. The molecule has 24 heavy (non-hydrogen) atoms. The van der Waals surface area contributed by atoms with Crippen molar-refractivity contribution in [3.05, 3.63) is 64.0 Å². The summed E-state index contributed by atoms with van der Waals surface area (Å²) in [6.45, 7) is 1.35. The van der Waals surface area contributed by atoms with Crippen molar-refractivity contribution in [2.24, 2.45) is 0 Å².